The number of hydrogen-bond acceptors (Lipinski definition) is 3. The van der Waals surface area contributed by atoms with E-state index in [1.807, 2.05) is 18.7 Å². The third kappa shape index (κ3) is 5.35. The zero-order valence-electron chi connectivity index (χ0n) is 11.1. The molecule has 0 unspecified atom stereocenters. The Bertz CT molecular complexity index is 328. The van der Waals surface area contributed by atoms with Crippen LogP contribution in [0.15, 0.2) is 18.2 Å². The molecule has 2 nitrogen and oxygen atoms in total. The molecule has 1 N–H and O–H groups in total. The quantitative estimate of drug-likeness (QED) is 0.709. The van der Waals surface area contributed by atoms with Gasteiger partial charge < -0.3 is 10.1 Å². The minimum Gasteiger partial charge on any atom is -0.492 e. The first-order valence-corrected chi connectivity index (χ1v) is 7.63. The molecule has 3 heteroatoms. The second kappa shape index (κ2) is 8.29. The molecule has 96 valence electrons. The van der Waals surface area contributed by atoms with Gasteiger partial charge in [-0.25, -0.2) is 0 Å². The lowest BCUT2D eigenvalue weighted by atomic mass is 10.2. The van der Waals surface area contributed by atoms with Gasteiger partial charge in [-0.15, -0.1) is 0 Å². The van der Waals surface area contributed by atoms with Crippen molar-refractivity contribution < 1.29 is 4.74 Å². The van der Waals surface area contributed by atoms with E-state index in [2.05, 4.69) is 36.7 Å². The number of aryl methyl sites for hydroxylation is 1. The summed E-state index contributed by atoms with van der Waals surface area (Å²) < 4.78 is 5.63. The lowest BCUT2D eigenvalue weighted by Gasteiger charge is -2.13. The van der Waals surface area contributed by atoms with Crippen LogP contribution in [0.2, 0.25) is 0 Å². The Hall–Kier alpha value is -0.830. The number of hydrogen-bond donors (Lipinski definition) is 1. The van der Waals surface area contributed by atoms with Crippen LogP contribution in [-0.4, -0.2) is 25.2 Å². The summed E-state index contributed by atoms with van der Waals surface area (Å²) in [5.41, 5.74) is 2.35. The molecule has 0 aromatic heterocycles. The molecule has 0 atom stereocenters. The summed E-state index contributed by atoms with van der Waals surface area (Å²) in [5.74, 6) is 2.21. The Morgan fingerprint density at radius 3 is 2.82 bits per heavy atom. The van der Waals surface area contributed by atoms with Gasteiger partial charge in [-0.3, -0.25) is 0 Å². The van der Waals surface area contributed by atoms with Gasteiger partial charge in [0.1, 0.15) is 5.75 Å². The van der Waals surface area contributed by atoms with E-state index in [1.54, 1.807) is 0 Å². The zero-order chi connectivity index (χ0) is 12.5. The van der Waals surface area contributed by atoms with Crippen LogP contribution >= 0.6 is 11.8 Å². The van der Waals surface area contributed by atoms with E-state index in [-0.39, 0.29) is 0 Å². The van der Waals surface area contributed by atoms with E-state index in [9.17, 15) is 0 Å². The number of thioether (sulfide) groups is 1. The van der Waals surface area contributed by atoms with E-state index in [4.69, 9.17) is 4.74 Å². The highest BCUT2D eigenvalue weighted by Crippen LogP contribution is 2.25. The fraction of sp³-hybridized carbons (Fsp3) is 0.571. The molecule has 0 aliphatic heterocycles. The van der Waals surface area contributed by atoms with Crippen LogP contribution in [0.4, 0.5) is 5.69 Å². The lowest BCUT2D eigenvalue weighted by molar-refractivity contribution is 0.341. The summed E-state index contributed by atoms with van der Waals surface area (Å²) in [5, 5.41) is 3.45. The Balaban J connectivity index is 2.45. The third-order valence-electron chi connectivity index (χ3n) is 2.53. The van der Waals surface area contributed by atoms with Gasteiger partial charge in [0.05, 0.1) is 12.3 Å². The minimum absolute atomic E-state index is 0.713. The van der Waals surface area contributed by atoms with E-state index in [0.717, 1.165) is 18.0 Å². The van der Waals surface area contributed by atoms with Crippen molar-refractivity contribution in [3.8, 4) is 5.75 Å². The van der Waals surface area contributed by atoms with Crippen molar-refractivity contribution in [3.63, 3.8) is 0 Å². The molecule has 0 heterocycles. The molecule has 0 aliphatic carbocycles. The molecule has 0 spiro atoms. The number of benzene rings is 1. The molecule has 0 fully saturated rings. The summed E-state index contributed by atoms with van der Waals surface area (Å²) in [4.78, 5) is 0. The fourth-order valence-electron chi connectivity index (χ4n) is 1.64. The van der Waals surface area contributed by atoms with Crippen LogP contribution in [0.1, 0.15) is 25.3 Å². The first kappa shape index (κ1) is 14.2. The number of unbranched alkanes of at least 4 members (excludes halogenated alkanes) is 1. The minimum atomic E-state index is 0.713. The van der Waals surface area contributed by atoms with Crippen molar-refractivity contribution >= 4 is 17.4 Å². The molecule has 0 saturated heterocycles. The van der Waals surface area contributed by atoms with Crippen molar-refractivity contribution in [2.75, 3.05) is 30.5 Å². The molecule has 1 rings (SSSR count). The van der Waals surface area contributed by atoms with Gasteiger partial charge in [-0.1, -0.05) is 6.07 Å². The SMILES string of the molecule is CCOc1cc(C)ccc1NCCCCSC. The molecule has 1 aromatic rings. The fourth-order valence-corrected chi connectivity index (χ4v) is 2.14. The first-order valence-electron chi connectivity index (χ1n) is 6.24. The summed E-state index contributed by atoms with van der Waals surface area (Å²) in [6.07, 6.45) is 4.63. The largest absolute Gasteiger partial charge is 0.492 e. The van der Waals surface area contributed by atoms with Crippen LogP contribution in [0.5, 0.6) is 5.75 Å². The topological polar surface area (TPSA) is 21.3 Å². The van der Waals surface area contributed by atoms with Crippen LogP contribution in [0.3, 0.4) is 0 Å². The third-order valence-corrected chi connectivity index (χ3v) is 3.22. The highest BCUT2D eigenvalue weighted by molar-refractivity contribution is 7.98. The standard InChI is InChI=1S/C14H23NOS/c1-4-16-14-11-12(2)7-8-13(14)15-9-5-6-10-17-3/h7-8,11,15H,4-6,9-10H2,1-3H3. The van der Waals surface area contributed by atoms with Crippen LogP contribution in [0, 0.1) is 6.92 Å². The monoisotopic (exact) mass is 253 g/mol. The maximum atomic E-state index is 5.63. The zero-order valence-corrected chi connectivity index (χ0v) is 11.9. The van der Waals surface area contributed by atoms with Crippen molar-refractivity contribution in [2.45, 2.75) is 26.7 Å². The predicted octanol–water partition coefficient (Wildman–Crippen LogP) is 3.95. The predicted molar refractivity (Wildman–Crippen MR) is 78.5 cm³/mol. The number of ether oxygens (including phenoxy) is 1. The van der Waals surface area contributed by atoms with Gasteiger partial charge in [-0.2, -0.15) is 11.8 Å². The number of rotatable bonds is 8. The molecule has 0 radical (unpaired) electrons. The molecule has 0 amide bonds. The van der Waals surface area contributed by atoms with E-state index < -0.39 is 0 Å². The normalized spacial score (nSPS) is 10.3. The highest BCUT2D eigenvalue weighted by atomic mass is 32.2. The summed E-state index contributed by atoms with van der Waals surface area (Å²) >= 11 is 1.91. The number of anilines is 1. The average molecular weight is 253 g/mol. The first-order chi connectivity index (χ1) is 8.27. The Morgan fingerprint density at radius 2 is 2.12 bits per heavy atom. The van der Waals surface area contributed by atoms with Gasteiger partial charge in [0.15, 0.2) is 0 Å². The molecule has 0 saturated carbocycles. The van der Waals surface area contributed by atoms with Crippen molar-refractivity contribution in [1.29, 1.82) is 0 Å². The van der Waals surface area contributed by atoms with Crippen LogP contribution in [-0.2, 0) is 0 Å². The molecule has 0 aliphatic rings. The van der Waals surface area contributed by atoms with Crippen LogP contribution < -0.4 is 10.1 Å². The molecular weight excluding hydrogens is 230 g/mol. The van der Waals surface area contributed by atoms with Crippen molar-refractivity contribution in [3.05, 3.63) is 23.8 Å². The van der Waals surface area contributed by atoms with Gasteiger partial charge in [0.25, 0.3) is 0 Å². The molecule has 1 aromatic carbocycles. The van der Waals surface area contributed by atoms with E-state index in [1.165, 1.54) is 24.2 Å². The Kier molecular flexibility index (Phi) is 6.94. The Labute approximate surface area is 109 Å². The molecular formula is C14H23NOS. The molecule has 0 bridgehead atoms. The summed E-state index contributed by atoms with van der Waals surface area (Å²) in [7, 11) is 0. The lowest BCUT2D eigenvalue weighted by Crippen LogP contribution is -2.04. The van der Waals surface area contributed by atoms with Crippen molar-refractivity contribution in [1.82, 2.24) is 0 Å². The summed E-state index contributed by atoms with van der Waals surface area (Å²) in [6.45, 7) is 5.84. The van der Waals surface area contributed by atoms with Crippen LogP contribution in [0.25, 0.3) is 0 Å². The van der Waals surface area contributed by atoms with E-state index >= 15 is 0 Å². The smallest absolute Gasteiger partial charge is 0.142 e. The number of nitrogens with one attached hydrogen (secondary N) is 1. The van der Waals surface area contributed by atoms with Crippen molar-refractivity contribution in [2.24, 2.45) is 0 Å². The molecule has 17 heavy (non-hydrogen) atoms. The second-order valence-electron chi connectivity index (χ2n) is 4.06. The van der Waals surface area contributed by atoms with Gasteiger partial charge in [-0.05, 0) is 56.4 Å². The average Bonchev–Trinajstić information content (AvgIpc) is 2.32. The van der Waals surface area contributed by atoms with Gasteiger partial charge in [0, 0.05) is 6.54 Å². The maximum Gasteiger partial charge on any atom is 0.142 e. The van der Waals surface area contributed by atoms with Gasteiger partial charge >= 0.3 is 0 Å². The van der Waals surface area contributed by atoms with Gasteiger partial charge in [0.2, 0.25) is 0 Å². The highest BCUT2D eigenvalue weighted by Gasteiger charge is 2.02. The Morgan fingerprint density at radius 1 is 1.29 bits per heavy atom. The second-order valence-corrected chi connectivity index (χ2v) is 5.04. The summed E-state index contributed by atoms with van der Waals surface area (Å²) in [6, 6.07) is 6.31. The maximum absolute atomic E-state index is 5.63. The van der Waals surface area contributed by atoms with E-state index in [0.29, 0.717) is 6.61 Å².